The second-order valence-corrected chi connectivity index (χ2v) is 35.6. The molecule has 0 saturated heterocycles. The molecule has 0 aliphatic heterocycles. The Morgan fingerprint density at radius 3 is 1.04 bits per heavy atom. The van der Waals surface area contributed by atoms with E-state index in [-0.39, 0.29) is 133 Å². The molecule has 8 aliphatic rings. The van der Waals surface area contributed by atoms with Crippen LogP contribution in [0.1, 0.15) is 13.8 Å². The average Bonchev–Trinajstić information content (AvgIpc) is 0.863. The van der Waals surface area contributed by atoms with Gasteiger partial charge in [-0.05, 0) is 154 Å². The van der Waals surface area contributed by atoms with Crippen molar-refractivity contribution in [3.8, 4) is 12.1 Å². The predicted molar refractivity (Wildman–Crippen MR) is 422 cm³/mol. The van der Waals surface area contributed by atoms with E-state index in [1.54, 1.807) is 30.9 Å². The molecule has 4 N–H and O–H groups in total. The number of rotatable bonds is 6. The molecule has 534 valence electrons. The first kappa shape index (κ1) is 97.3. The van der Waals surface area contributed by atoms with Gasteiger partial charge in [-0.25, -0.2) is 0 Å². The first-order valence-electron chi connectivity index (χ1n) is 24.7. The Kier molecular flexibility index (Phi) is 44.0. The van der Waals surface area contributed by atoms with E-state index in [1.165, 1.54) is 24.3 Å². The minimum absolute atomic E-state index is 0.0548. The molecule has 100 heavy (non-hydrogen) atoms. The fourth-order valence-electron chi connectivity index (χ4n) is 6.53. The van der Waals surface area contributed by atoms with Crippen LogP contribution in [0.5, 0.6) is 0 Å². The Morgan fingerprint density at radius 1 is 0.390 bits per heavy atom. The van der Waals surface area contributed by atoms with Crippen LogP contribution in [0.25, 0.3) is 0 Å². The van der Waals surface area contributed by atoms with Crippen LogP contribution in [0.15, 0.2) is 161 Å². The van der Waals surface area contributed by atoms with Crippen LogP contribution >= 0.6 is 268 Å². The predicted octanol–water partition coefficient (Wildman–Crippen LogP) is 4.10. The van der Waals surface area contributed by atoms with Crippen molar-refractivity contribution in [3.05, 3.63) is 161 Å². The number of Topliss-reactive ketones (excluding diaryl/α,β-unsaturated/α-hetero) is 13. The number of nitrogens with two attached hydrogens (primary N) is 2. The van der Waals surface area contributed by atoms with Crippen LogP contribution in [0.3, 0.4) is 0 Å². The van der Waals surface area contributed by atoms with Crippen molar-refractivity contribution in [2.45, 2.75) is 13.8 Å². The van der Waals surface area contributed by atoms with Gasteiger partial charge in [-0.15, -0.1) is 0 Å². The van der Waals surface area contributed by atoms with Gasteiger partial charge in [0.15, 0.2) is 17.3 Å². The second kappa shape index (κ2) is 45.3. The van der Waals surface area contributed by atoms with Gasteiger partial charge in [-0.3, -0.25) is 47.9 Å². The van der Waals surface area contributed by atoms with E-state index in [4.69, 9.17) is 68.4 Å². The Balaban J connectivity index is 0.000000574. The number of halogens is 22. The van der Waals surface area contributed by atoms with E-state index in [0.717, 1.165) is 3.58 Å². The summed E-state index contributed by atoms with van der Waals surface area (Å²) in [5.41, 5.74) is 13.7. The number of carbonyl (C=O) groups is 16. The Bertz CT molecular complexity index is 3990. The molecule has 0 spiro atoms. The fourth-order valence-corrected chi connectivity index (χ4v) is 19.5. The molecule has 0 radical (unpaired) electrons. The van der Waals surface area contributed by atoms with Crippen LogP contribution in [0.2, 0.25) is 0 Å². The number of alkyl halides is 6. The molecule has 0 aromatic heterocycles. The number of ketones is 16. The molecule has 0 heterocycles. The zero-order valence-corrected chi connectivity index (χ0v) is 80.3. The molecule has 20 nitrogen and oxygen atoms in total. The van der Waals surface area contributed by atoms with Gasteiger partial charge in [-0.2, -0.15) is 17.6 Å². The summed E-state index contributed by atoms with van der Waals surface area (Å²) in [4.78, 5) is 185. The number of nitrogens with zero attached hydrogens (tertiary/aromatic N) is 2. The van der Waals surface area contributed by atoms with Gasteiger partial charge in [0.25, 0.3) is 11.6 Å². The average molecular weight is 2840 g/mol. The van der Waals surface area contributed by atoms with E-state index in [1.807, 2.05) is 145 Å². The molecule has 8 rings (SSSR count). The molecule has 0 atom stereocenters. The number of carbonyl (C=O) groups excluding carboxylic acids is 16. The first-order chi connectivity index (χ1) is 46.3. The van der Waals surface area contributed by atoms with E-state index < -0.39 is 121 Å². The summed E-state index contributed by atoms with van der Waals surface area (Å²) in [6.45, 7) is 3.52. The molecular formula is C58H29Br4Cl4F4I10N4O16-3. The van der Waals surface area contributed by atoms with Crippen LogP contribution in [0, 0.1) is 22.7 Å². The number of hydrogen-bond acceptors (Lipinski definition) is 20. The largest absolute Gasteiger partial charge is 0.290 e. The van der Waals surface area contributed by atoms with E-state index >= 15 is 0 Å². The fraction of sp³-hybridized carbons (Fsp3) is 0.138. The maximum absolute atomic E-state index is 12.1. The normalized spacial score (nSPS) is 18.5. The van der Waals surface area contributed by atoms with Gasteiger partial charge in [0, 0.05) is 24.3 Å². The zero-order chi connectivity index (χ0) is 77.9. The quantitative estimate of drug-likeness (QED) is 0.164. The molecule has 0 fully saturated rings. The van der Waals surface area contributed by atoms with E-state index in [9.17, 15) is 94.3 Å². The van der Waals surface area contributed by atoms with Crippen molar-refractivity contribution in [1.82, 2.24) is 0 Å². The Labute approximate surface area is 743 Å². The van der Waals surface area contributed by atoms with Crippen molar-refractivity contribution in [1.29, 1.82) is 10.5 Å². The maximum Gasteiger partial charge on any atom is 0.256 e. The van der Waals surface area contributed by atoms with Crippen molar-refractivity contribution in [2.75, 3.05) is 28.1 Å². The second-order valence-electron chi connectivity index (χ2n) is 17.5. The Morgan fingerprint density at radius 2 is 0.730 bits per heavy atom. The Hall–Kier alpha value is -0.760. The molecule has 0 saturated carbocycles. The van der Waals surface area contributed by atoms with Crippen LogP contribution in [-0.2, 0) is 76.7 Å². The monoisotopic (exact) mass is 2840 g/mol. The number of allylic oxidation sites excluding steroid dienone is 30. The van der Waals surface area contributed by atoms with Gasteiger partial charge in [-0.1, -0.05) is 46.4 Å². The third-order valence-corrected chi connectivity index (χ3v) is 29.5. The zero-order valence-electron chi connectivity index (χ0n) is 49.3. The summed E-state index contributed by atoms with van der Waals surface area (Å²) in [6, 6.07) is 3.56. The topological polar surface area (TPSA) is 373 Å². The molecule has 0 amide bonds. The van der Waals surface area contributed by atoms with Crippen molar-refractivity contribution < 1.29 is 158 Å². The van der Waals surface area contributed by atoms with Gasteiger partial charge in [0.05, 0.1) is 32.2 Å². The standard InChI is InChI=1S/C10H5I2N2O2.C10H11I2O2.C8H9I2N2O2.C6Br4O2.C6Cl4O2.C6F4O2.2C6H2I2O2/c1-12-8-7(4-14)9(15)5(2-11)6(3-13)10(8)16;1-5-7(4-11)10(14)8(12-3)6(2)9(5)13;1-10-4-6(12)7(13)3(2-9)5(11)8(4)14;3*7-1-2(8)6(12)4(10)3(9)5(1)11;7-3-1-5(9)4(8)2-6(3)10;7-4-1-3(9)2-5(8)6(4)10/h2H2,1H3;4H2,1-3H3;2,11-12H2,1H3;;;;2*1-2H/q3*-1;;;;;. The van der Waals surface area contributed by atoms with Crippen LogP contribution in [-0.4, -0.2) is 121 Å². The van der Waals surface area contributed by atoms with E-state index in [0.29, 0.717) is 49.0 Å². The molecule has 0 aromatic carbocycles. The summed E-state index contributed by atoms with van der Waals surface area (Å²) in [6.07, 6.45) is 5.38. The van der Waals surface area contributed by atoms with Gasteiger partial charge in [0.1, 0.15) is 20.1 Å². The van der Waals surface area contributed by atoms with Gasteiger partial charge >= 0.3 is 332 Å². The SMILES string of the molecule is C[I-]C1=C(C#N)C(=O)C(CI)=C(C#N)C1=O.C[I-]C1=C(C)C(=O)C(C)=C(CI)C1=O.C[I-]C1=C(N)C(=O)C(CI)=C(N)C1=O.O=C1C(Br)=C(Br)C(=O)C(Br)=C1Br.O=C1C(Cl)=C(Cl)C(=O)C(Cl)=C1Cl.O=C1C(F)=C(F)C(=O)C(F)=C1F.O=C1C=C(I)C(=O)C(I)=C1.O=C1C=C(I)C(=O)C=C1I. The minimum Gasteiger partial charge on any atom is -0.290 e. The molecule has 42 heteroatoms. The van der Waals surface area contributed by atoms with Crippen molar-refractivity contribution in [2.24, 2.45) is 11.5 Å². The smallest absolute Gasteiger partial charge is 0.256 e. The van der Waals surface area contributed by atoms with Gasteiger partial charge < -0.3 is 0 Å². The summed E-state index contributed by atoms with van der Waals surface area (Å²) in [5, 5.41) is 16.2. The maximum atomic E-state index is 12.1. The van der Waals surface area contributed by atoms with Crippen LogP contribution < -0.4 is 75.1 Å². The van der Waals surface area contributed by atoms with Crippen LogP contribution in [0.4, 0.5) is 17.6 Å². The summed E-state index contributed by atoms with van der Waals surface area (Å²) in [5.74, 6) is -16.4. The summed E-state index contributed by atoms with van der Waals surface area (Å²) >= 11 is 45.5. The molecule has 8 aliphatic carbocycles. The van der Waals surface area contributed by atoms with Crippen molar-refractivity contribution in [3.63, 3.8) is 0 Å². The van der Waals surface area contributed by atoms with Gasteiger partial charge in [0.2, 0.25) is 52.2 Å². The minimum atomic E-state index is -2.20. The summed E-state index contributed by atoms with van der Waals surface area (Å²) in [7, 11) is 0. The van der Waals surface area contributed by atoms with E-state index in [2.05, 4.69) is 86.3 Å². The summed E-state index contributed by atoms with van der Waals surface area (Å²) < 4.78 is 54.3. The molecular weight excluding hydrogens is 2820 g/mol. The molecule has 0 unspecified atom stereocenters. The van der Waals surface area contributed by atoms with Crippen molar-refractivity contribution >= 4 is 361 Å². The third-order valence-electron chi connectivity index (χ3n) is 11.6. The molecule has 0 bridgehead atoms. The number of nitriles is 2. The first-order valence-corrected chi connectivity index (χ1v) is 48.0. The number of hydrogen-bond donors (Lipinski definition) is 2. The third kappa shape index (κ3) is 24.6. The molecule has 0 aromatic rings.